The summed E-state index contributed by atoms with van der Waals surface area (Å²) in [6, 6.07) is 5.68. The summed E-state index contributed by atoms with van der Waals surface area (Å²) in [6.45, 7) is 2.13. The van der Waals surface area contributed by atoms with E-state index in [1.54, 1.807) is 23.5 Å². The van der Waals surface area contributed by atoms with E-state index in [1.807, 2.05) is 0 Å². The number of carbonyl (C=O) groups is 1. The number of ether oxygens (including phenoxy) is 1. The Morgan fingerprint density at radius 2 is 2.14 bits per heavy atom. The van der Waals surface area contributed by atoms with Crippen molar-refractivity contribution in [3.63, 3.8) is 0 Å². The Hall–Kier alpha value is -0.880. The maximum atomic E-state index is 12.2. The average Bonchev–Trinajstić information content (AvgIpc) is 3.17. The third kappa shape index (κ3) is 3.31. The van der Waals surface area contributed by atoms with Crippen LogP contribution < -0.4 is 5.32 Å². The summed E-state index contributed by atoms with van der Waals surface area (Å²) in [5.41, 5.74) is 1.30. The summed E-state index contributed by atoms with van der Waals surface area (Å²) >= 11 is 8.89. The first-order valence-corrected chi connectivity index (χ1v) is 8.97. The van der Waals surface area contributed by atoms with Gasteiger partial charge < -0.3 is 10.1 Å². The summed E-state index contributed by atoms with van der Waals surface area (Å²) in [7, 11) is 0. The fraction of sp³-hybridized carbons (Fsp3) is 0.400. The molecule has 1 saturated heterocycles. The molecule has 6 heteroatoms. The Kier molecular flexibility index (Phi) is 4.64. The lowest BCUT2D eigenvalue weighted by atomic mass is 9.75. The van der Waals surface area contributed by atoms with E-state index < -0.39 is 0 Å². The summed E-state index contributed by atoms with van der Waals surface area (Å²) in [6.07, 6.45) is 1.88. The molecule has 0 unspecified atom stereocenters. The van der Waals surface area contributed by atoms with Gasteiger partial charge in [0.15, 0.2) is 0 Å². The summed E-state index contributed by atoms with van der Waals surface area (Å²) in [5.74, 6) is -0.0482. The monoisotopic (exact) mass is 341 g/mol. The molecule has 21 heavy (non-hydrogen) atoms. The van der Waals surface area contributed by atoms with E-state index in [9.17, 15) is 4.79 Å². The molecule has 0 bridgehead atoms. The van der Waals surface area contributed by atoms with Crippen LogP contribution in [0.25, 0.3) is 0 Å². The van der Waals surface area contributed by atoms with Gasteiger partial charge in [-0.1, -0.05) is 11.6 Å². The van der Waals surface area contributed by atoms with Gasteiger partial charge in [0.2, 0.25) is 0 Å². The largest absolute Gasteiger partial charge is 0.381 e. The Labute approximate surface area is 136 Å². The minimum absolute atomic E-state index is 0.00500. The van der Waals surface area contributed by atoms with E-state index in [-0.39, 0.29) is 11.3 Å². The van der Waals surface area contributed by atoms with Crippen LogP contribution in [0.1, 0.15) is 28.1 Å². The second-order valence-electron chi connectivity index (χ2n) is 5.19. The van der Waals surface area contributed by atoms with E-state index in [0.717, 1.165) is 26.1 Å². The predicted octanol–water partition coefficient (Wildman–Crippen LogP) is 3.94. The second-order valence-corrected chi connectivity index (χ2v) is 7.69. The van der Waals surface area contributed by atoms with Crippen LogP contribution in [-0.2, 0) is 10.2 Å². The summed E-state index contributed by atoms with van der Waals surface area (Å²) in [4.78, 5) is 12.9. The lowest BCUT2D eigenvalue weighted by molar-refractivity contribution is 0.0489. The van der Waals surface area contributed by atoms with Crippen molar-refractivity contribution in [3.8, 4) is 0 Å². The van der Waals surface area contributed by atoms with Gasteiger partial charge in [0.05, 0.1) is 9.21 Å². The van der Waals surface area contributed by atoms with Crippen LogP contribution >= 0.6 is 34.3 Å². The van der Waals surface area contributed by atoms with Crippen molar-refractivity contribution in [1.82, 2.24) is 5.32 Å². The van der Waals surface area contributed by atoms with Crippen LogP contribution in [0.5, 0.6) is 0 Å². The molecular weight excluding hydrogens is 326 g/mol. The van der Waals surface area contributed by atoms with Gasteiger partial charge in [-0.2, -0.15) is 11.3 Å². The zero-order valence-electron chi connectivity index (χ0n) is 11.4. The smallest absolute Gasteiger partial charge is 0.261 e. The van der Waals surface area contributed by atoms with Crippen LogP contribution in [-0.4, -0.2) is 25.7 Å². The van der Waals surface area contributed by atoms with Crippen LogP contribution in [0.15, 0.2) is 29.0 Å². The van der Waals surface area contributed by atoms with Gasteiger partial charge in [-0.3, -0.25) is 4.79 Å². The Morgan fingerprint density at radius 1 is 1.33 bits per heavy atom. The number of amides is 1. The number of carbonyl (C=O) groups excluding carboxylic acids is 1. The highest BCUT2D eigenvalue weighted by atomic mass is 35.5. The Morgan fingerprint density at radius 3 is 2.76 bits per heavy atom. The molecule has 1 aliphatic heterocycles. The standard InChI is InChI=1S/C15H16ClNO2S2/c16-13-2-1-12(21-13)14(18)17-10-15(4-6-19-7-5-15)11-3-8-20-9-11/h1-3,8-9H,4-7,10H2,(H,17,18). The van der Waals surface area contributed by atoms with E-state index in [0.29, 0.717) is 15.8 Å². The molecule has 0 aromatic carbocycles. The second kappa shape index (κ2) is 6.48. The van der Waals surface area contributed by atoms with Gasteiger partial charge in [0.25, 0.3) is 5.91 Å². The van der Waals surface area contributed by atoms with Crippen molar-refractivity contribution in [1.29, 1.82) is 0 Å². The Balaban J connectivity index is 1.72. The van der Waals surface area contributed by atoms with Gasteiger partial charge in [-0.25, -0.2) is 0 Å². The number of nitrogens with one attached hydrogen (secondary N) is 1. The van der Waals surface area contributed by atoms with Crippen molar-refractivity contribution in [2.24, 2.45) is 0 Å². The quantitative estimate of drug-likeness (QED) is 0.914. The molecule has 3 nitrogen and oxygen atoms in total. The third-order valence-corrected chi connectivity index (χ3v) is 5.88. The fourth-order valence-corrected chi connectivity index (χ4v) is 4.41. The number of halogens is 1. The van der Waals surface area contributed by atoms with Crippen molar-refractivity contribution in [2.45, 2.75) is 18.3 Å². The summed E-state index contributed by atoms with van der Waals surface area (Å²) < 4.78 is 6.13. The highest BCUT2D eigenvalue weighted by Gasteiger charge is 2.35. The lowest BCUT2D eigenvalue weighted by Crippen LogP contribution is -2.44. The number of hydrogen-bond donors (Lipinski definition) is 1. The first-order valence-electron chi connectivity index (χ1n) is 6.84. The lowest BCUT2D eigenvalue weighted by Gasteiger charge is -2.37. The summed E-state index contributed by atoms with van der Waals surface area (Å²) in [5, 5.41) is 7.34. The molecule has 0 spiro atoms. The molecule has 0 radical (unpaired) electrons. The molecule has 112 valence electrons. The Bertz CT molecular complexity index is 603. The van der Waals surface area contributed by atoms with Crippen molar-refractivity contribution in [3.05, 3.63) is 43.7 Å². The number of thiophene rings is 2. The van der Waals surface area contributed by atoms with Gasteiger partial charge >= 0.3 is 0 Å². The zero-order valence-corrected chi connectivity index (χ0v) is 13.8. The number of rotatable bonds is 4. The molecule has 1 aliphatic rings. The first-order chi connectivity index (χ1) is 10.2. The van der Waals surface area contributed by atoms with E-state index in [2.05, 4.69) is 22.1 Å². The van der Waals surface area contributed by atoms with Crippen LogP contribution in [0.4, 0.5) is 0 Å². The van der Waals surface area contributed by atoms with E-state index in [1.165, 1.54) is 16.9 Å². The minimum atomic E-state index is -0.0482. The molecule has 1 fully saturated rings. The molecule has 2 aromatic heterocycles. The molecular formula is C15H16ClNO2S2. The van der Waals surface area contributed by atoms with Crippen molar-refractivity contribution in [2.75, 3.05) is 19.8 Å². The molecule has 3 rings (SSSR count). The molecule has 3 heterocycles. The SMILES string of the molecule is O=C(NCC1(c2ccsc2)CCOCC1)c1ccc(Cl)s1. The predicted molar refractivity (Wildman–Crippen MR) is 87.7 cm³/mol. The maximum absolute atomic E-state index is 12.2. The normalized spacial score (nSPS) is 17.6. The van der Waals surface area contributed by atoms with Gasteiger partial charge in [-0.15, -0.1) is 11.3 Å². The third-order valence-electron chi connectivity index (χ3n) is 3.97. The highest BCUT2D eigenvalue weighted by molar-refractivity contribution is 7.18. The van der Waals surface area contributed by atoms with E-state index >= 15 is 0 Å². The highest BCUT2D eigenvalue weighted by Crippen LogP contribution is 2.35. The van der Waals surface area contributed by atoms with Gasteiger partial charge in [-0.05, 0) is 47.4 Å². The number of hydrogen-bond acceptors (Lipinski definition) is 4. The van der Waals surface area contributed by atoms with Crippen LogP contribution in [0.3, 0.4) is 0 Å². The molecule has 1 amide bonds. The average molecular weight is 342 g/mol. The first kappa shape index (κ1) is 15.0. The molecule has 0 atom stereocenters. The topological polar surface area (TPSA) is 38.3 Å². The van der Waals surface area contributed by atoms with Gasteiger partial charge in [0, 0.05) is 25.2 Å². The molecule has 2 aromatic rings. The van der Waals surface area contributed by atoms with Crippen molar-refractivity contribution >= 4 is 40.2 Å². The van der Waals surface area contributed by atoms with Crippen LogP contribution in [0, 0.1) is 0 Å². The molecule has 0 aliphatic carbocycles. The maximum Gasteiger partial charge on any atom is 0.261 e. The molecule has 0 saturated carbocycles. The fourth-order valence-electron chi connectivity index (χ4n) is 2.67. The molecule has 1 N–H and O–H groups in total. The van der Waals surface area contributed by atoms with Crippen LogP contribution in [0.2, 0.25) is 4.34 Å². The van der Waals surface area contributed by atoms with Crippen molar-refractivity contribution < 1.29 is 9.53 Å². The zero-order chi connectivity index (χ0) is 14.7. The van der Waals surface area contributed by atoms with E-state index in [4.69, 9.17) is 16.3 Å². The minimum Gasteiger partial charge on any atom is -0.381 e. The van der Waals surface area contributed by atoms with Gasteiger partial charge in [0.1, 0.15) is 0 Å².